The number of rotatable bonds is 5. The van der Waals surface area contributed by atoms with Gasteiger partial charge in [-0.1, -0.05) is 22.9 Å². The second-order valence-electron chi connectivity index (χ2n) is 6.48. The number of benzene rings is 1. The first kappa shape index (κ1) is 17.7. The molecule has 27 heavy (non-hydrogen) atoms. The maximum Gasteiger partial charge on any atom is 0.226 e. The highest BCUT2D eigenvalue weighted by molar-refractivity contribution is 6.30. The lowest BCUT2D eigenvalue weighted by Gasteiger charge is -2.16. The van der Waals surface area contributed by atoms with Crippen molar-refractivity contribution in [3.63, 3.8) is 0 Å². The summed E-state index contributed by atoms with van der Waals surface area (Å²) in [7, 11) is 0. The number of carbonyl (C=O) groups excluding carboxylic acids is 1. The Bertz CT molecular complexity index is 978. The fourth-order valence-electron chi connectivity index (χ4n) is 3.17. The van der Waals surface area contributed by atoms with Gasteiger partial charge in [-0.3, -0.25) is 9.48 Å². The summed E-state index contributed by atoms with van der Waals surface area (Å²) in [6.45, 7) is 4.90. The topological polar surface area (TPSA) is 89.7 Å². The summed E-state index contributed by atoms with van der Waals surface area (Å²) < 4.78 is 3.67. The summed E-state index contributed by atoms with van der Waals surface area (Å²) in [5.74, 6) is -0.0973. The van der Waals surface area contributed by atoms with Crippen molar-refractivity contribution in [2.75, 3.05) is 6.54 Å². The van der Waals surface area contributed by atoms with Crippen LogP contribution in [0.4, 0.5) is 0 Å². The molecule has 0 unspecified atom stereocenters. The van der Waals surface area contributed by atoms with Crippen LogP contribution >= 0.6 is 11.6 Å². The molecule has 0 bridgehead atoms. The zero-order valence-electron chi connectivity index (χ0n) is 14.9. The number of amides is 1. The Kier molecular flexibility index (Phi) is 4.91. The third-order valence-corrected chi connectivity index (χ3v) is 4.91. The SMILES string of the molecule is Cc1c(CC(=O)NCc2cnn3c2CNCC3)nnn1-c1cccc(Cl)c1. The fourth-order valence-corrected chi connectivity index (χ4v) is 3.36. The molecule has 2 N–H and O–H groups in total. The Morgan fingerprint density at radius 3 is 3.15 bits per heavy atom. The molecular weight excluding hydrogens is 366 g/mol. The molecule has 1 aliphatic heterocycles. The summed E-state index contributed by atoms with van der Waals surface area (Å²) in [5, 5.41) is 19.6. The molecule has 0 spiro atoms. The Labute approximate surface area is 161 Å². The predicted octanol–water partition coefficient (Wildman–Crippen LogP) is 1.39. The lowest BCUT2D eigenvalue weighted by atomic mass is 10.2. The molecule has 8 nitrogen and oxygen atoms in total. The van der Waals surface area contributed by atoms with Gasteiger partial charge in [0.2, 0.25) is 5.91 Å². The summed E-state index contributed by atoms with van der Waals surface area (Å²) in [6, 6.07) is 7.36. The Morgan fingerprint density at radius 1 is 1.41 bits per heavy atom. The largest absolute Gasteiger partial charge is 0.352 e. The van der Waals surface area contributed by atoms with E-state index in [0.717, 1.165) is 42.3 Å². The van der Waals surface area contributed by atoms with Gasteiger partial charge in [0, 0.05) is 30.2 Å². The fraction of sp³-hybridized carbons (Fsp3) is 0.333. The highest BCUT2D eigenvalue weighted by Crippen LogP contribution is 2.17. The van der Waals surface area contributed by atoms with Crippen molar-refractivity contribution in [1.29, 1.82) is 0 Å². The molecular formula is C18H20ClN7O. The molecule has 9 heteroatoms. The lowest BCUT2D eigenvalue weighted by molar-refractivity contribution is -0.120. The molecule has 3 heterocycles. The second kappa shape index (κ2) is 7.50. The highest BCUT2D eigenvalue weighted by atomic mass is 35.5. The van der Waals surface area contributed by atoms with Gasteiger partial charge in [0.25, 0.3) is 0 Å². The summed E-state index contributed by atoms with van der Waals surface area (Å²) in [6.07, 6.45) is 2.00. The van der Waals surface area contributed by atoms with Crippen LogP contribution in [0, 0.1) is 6.92 Å². The number of nitrogens with zero attached hydrogens (tertiary/aromatic N) is 5. The van der Waals surface area contributed by atoms with E-state index in [4.69, 9.17) is 11.6 Å². The molecule has 2 aromatic heterocycles. The van der Waals surface area contributed by atoms with E-state index in [9.17, 15) is 4.79 Å². The van der Waals surface area contributed by atoms with Gasteiger partial charge in [-0.05, 0) is 25.1 Å². The van der Waals surface area contributed by atoms with Crippen molar-refractivity contribution >= 4 is 17.5 Å². The first-order chi connectivity index (χ1) is 13.1. The first-order valence-electron chi connectivity index (χ1n) is 8.80. The summed E-state index contributed by atoms with van der Waals surface area (Å²) in [5.41, 5.74) is 4.45. The molecule has 1 amide bonds. The molecule has 0 saturated heterocycles. The minimum absolute atomic E-state index is 0.0973. The van der Waals surface area contributed by atoms with Gasteiger partial charge in [-0.2, -0.15) is 5.10 Å². The van der Waals surface area contributed by atoms with Crippen LogP contribution in [-0.4, -0.2) is 37.2 Å². The molecule has 0 atom stereocenters. The van der Waals surface area contributed by atoms with Crippen LogP contribution in [0.15, 0.2) is 30.5 Å². The average molecular weight is 386 g/mol. The van der Waals surface area contributed by atoms with Gasteiger partial charge < -0.3 is 10.6 Å². The molecule has 0 aliphatic carbocycles. The minimum Gasteiger partial charge on any atom is -0.352 e. The van der Waals surface area contributed by atoms with Crippen LogP contribution < -0.4 is 10.6 Å². The van der Waals surface area contributed by atoms with Crippen LogP contribution in [-0.2, 0) is 30.8 Å². The molecule has 0 radical (unpaired) electrons. The Hall–Kier alpha value is -2.71. The number of halogens is 1. The van der Waals surface area contributed by atoms with Gasteiger partial charge in [-0.15, -0.1) is 5.10 Å². The van der Waals surface area contributed by atoms with Gasteiger partial charge in [-0.25, -0.2) is 4.68 Å². The van der Waals surface area contributed by atoms with E-state index in [2.05, 4.69) is 26.0 Å². The normalized spacial score (nSPS) is 13.4. The molecule has 1 aliphatic rings. The Balaban J connectivity index is 1.41. The number of hydrogen-bond acceptors (Lipinski definition) is 5. The van der Waals surface area contributed by atoms with Gasteiger partial charge >= 0.3 is 0 Å². The second-order valence-corrected chi connectivity index (χ2v) is 6.92. The highest BCUT2D eigenvalue weighted by Gasteiger charge is 2.17. The van der Waals surface area contributed by atoms with E-state index in [1.54, 1.807) is 10.7 Å². The monoisotopic (exact) mass is 385 g/mol. The number of aromatic nitrogens is 5. The molecule has 1 aromatic carbocycles. The first-order valence-corrected chi connectivity index (χ1v) is 9.17. The average Bonchev–Trinajstić information content (AvgIpc) is 3.24. The van der Waals surface area contributed by atoms with Gasteiger partial charge in [0.15, 0.2) is 0 Å². The van der Waals surface area contributed by atoms with Crippen molar-refractivity contribution in [3.8, 4) is 5.69 Å². The van der Waals surface area contributed by atoms with Gasteiger partial charge in [0.05, 0.1) is 41.9 Å². The minimum atomic E-state index is -0.0973. The van der Waals surface area contributed by atoms with E-state index in [-0.39, 0.29) is 12.3 Å². The predicted molar refractivity (Wildman–Crippen MR) is 101 cm³/mol. The molecule has 4 rings (SSSR count). The molecule has 140 valence electrons. The van der Waals surface area contributed by atoms with Crippen LogP contribution in [0.2, 0.25) is 5.02 Å². The van der Waals surface area contributed by atoms with E-state index in [1.165, 1.54) is 0 Å². The maximum atomic E-state index is 12.4. The maximum absolute atomic E-state index is 12.4. The van der Waals surface area contributed by atoms with Crippen molar-refractivity contribution in [1.82, 2.24) is 35.4 Å². The summed E-state index contributed by atoms with van der Waals surface area (Å²) >= 11 is 6.04. The smallest absolute Gasteiger partial charge is 0.226 e. The number of hydrogen-bond donors (Lipinski definition) is 2. The van der Waals surface area contributed by atoms with Gasteiger partial charge in [0.1, 0.15) is 0 Å². The van der Waals surface area contributed by atoms with Crippen molar-refractivity contribution in [3.05, 3.63) is 58.1 Å². The third-order valence-electron chi connectivity index (χ3n) is 4.68. The van der Waals surface area contributed by atoms with Crippen LogP contribution in [0.5, 0.6) is 0 Å². The zero-order valence-corrected chi connectivity index (χ0v) is 15.7. The zero-order chi connectivity index (χ0) is 18.8. The van der Waals surface area contributed by atoms with E-state index >= 15 is 0 Å². The van der Waals surface area contributed by atoms with E-state index in [0.29, 0.717) is 17.3 Å². The van der Waals surface area contributed by atoms with Crippen molar-refractivity contribution < 1.29 is 4.79 Å². The number of fused-ring (bicyclic) bond motifs is 1. The van der Waals surface area contributed by atoms with Crippen LogP contribution in [0.3, 0.4) is 0 Å². The van der Waals surface area contributed by atoms with Crippen molar-refractivity contribution in [2.24, 2.45) is 0 Å². The number of carbonyl (C=O) groups is 1. The van der Waals surface area contributed by atoms with Crippen LogP contribution in [0.25, 0.3) is 5.69 Å². The molecule has 0 saturated carbocycles. The lowest BCUT2D eigenvalue weighted by Crippen LogP contribution is -2.30. The quantitative estimate of drug-likeness (QED) is 0.692. The standard InChI is InChI=1S/C18H20ClN7O/c1-12-16(23-24-26(12)15-4-2-3-14(19)7-15)8-18(27)21-9-13-10-22-25-6-5-20-11-17(13)25/h2-4,7,10,20H,5-6,8-9,11H2,1H3,(H,21,27). The third kappa shape index (κ3) is 3.72. The molecule has 3 aromatic rings. The van der Waals surface area contributed by atoms with Crippen LogP contribution in [0.1, 0.15) is 22.6 Å². The number of nitrogens with one attached hydrogen (secondary N) is 2. The van der Waals surface area contributed by atoms with Crippen molar-refractivity contribution in [2.45, 2.75) is 33.0 Å². The van der Waals surface area contributed by atoms with E-state index < -0.39 is 0 Å². The van der Waals surface area contributed by atoms with E-state index in [1.807, 2.05) is 36.0 Å². The Morgan fingerprint density at radius 2 is 2.30 bits per heavy atom. The summed E-state index contributed by atoms with van der Waals surface area (Å²) in [4.78, 5) is 12.4. The molecule has 0 fully saturated rings.